The Morgan fingerprint density at radius 2 is 2.06 bits per heavy atom. The Bertz CT molecular complexity index is 299. The smallest absolute Gasteiger partial charge is 0.220 e. The lowest BCUT2D eigenvalue weighted by Gasteiger charge is -2.43. The minimum Gasteiger partial charge on any atom is -0.391 e. The molecule has 0 aromatic rings. The zero-order chi connectivity index (χ0) is 12.6. The van der Waals surface area contributed by atoms with Crippen molar-refractivity contribution in [1.29, 1.82) is 0 Å². The van der Waals surface area contributed by atoms with Crippen LogP contribution in [0.1, 0.15) is 19.8 Å². The fourth-order valence-corrected chi connectivity index (χ4v) is 2.76. The molecule has 0 radical (unpaired) electrons. The van der Waals surface area contributed by atoms with Crippen LogP contribution in [0.4, 0.5) is 0 Å². The number of hydrogen-bond acceptors (Lipinski definition) is 5. The maximum atomic E-state index is 11.3. The number of hydrogen-bond donors (Lipinski definition) is 4. The van der Waals surface area contributed by atoms with Gasteiger partial charge in [0.2, 0.25) is 5.91 Å². The molecule has 2 fully saturated rings. The highest BCUT2D eigenvalue weighted by Gasteiger charge is 2.48. The number of fused-ring (bicyclic) bond motifs is 1. The minimum absolute atomic E-state index is 0.139. The van der Waals surface area contributed by atoms with Crippen molar-refractivity contribution in [3.8, 4) is 0 Å². The van der Waals surface area contributed by atoms with Crippen LogP contribution in [-0.4, -0.2) is 69.6 Å². The van der Waals surface area contributed by atoms with Gasteiger partial charge >= 0.3 is 0 Å². The molecular formula is C11H20N2O4. The number of aliphatic hydroxyl groups excluding tert-OH is 3. The van der Waals surface area contributed by atoms with Gasteiger partial charge in [-0.05, 0) is 6.42 Å². The van der Waals surface area contributed by atoms with Gasteiger partial charge in [0.25, 0.3) is 0 Å². The van der Waals surface area contributed by atoms with Crippen molar-refractivity contribution in [2.45, 2.75) is 50.2 Å². The highest BCUT2D eigenvalue weighted by molar-refractivity contribution is 5.76. The minimum atomic E-state index is -1.01. The average molecular weight is 244 g/mol. The van der Waals surface area contributed by atoms with E-state index < -0.39 is 30.4 Å². The number of carbonyl (C=O) groups is 1. The quantitative estimate of drug-likeness (QED) is 0.453. The molecular weight excluding hydrogens is 224 g/mol. The highest BCUT2D eigenvalue weighted by Crippen LogP contribution is 2.28. The van der Waals surface area contributed by atoms with Crippen molar-refractivity contribution in [2.75, 3.05) is 13.1 Å². The van der Waals surface area contributed by atoms with Crippen LogP contribution in [0, 0.1) is 0 Å². The predicted molar refractivity (Wildman–Crippen MR) is 60.2 cm³/mol. The van der Waals surface area contributed by atoms with Crippen molar-refractivity contribution in [3.05, 3.63) is 0 Å². The predicted octanol–water partition coefficient (Wildman–Crippen LogP) is -1.95. The molecule has 0 aromatic carbocycles. The van der Waals surface area contributed by atoms with Crippen LogP contribution in [0.3, 0.4) is 0 Å². The number of piperidine rings is 1. The lowest BCUT2D eigenvalue weighted by atomic mass is 9.91. The first-order valence-corrected chi connectivity index (χ1v) is 6.12. The molecule has 1 amide bonds. The van der Waals surface area contributed by atoms with E-state index in [0.717, 1.165) is 0 Å². The van der Waals surface area contributed by atoms with Crippen molar-refractivity contribution in [1.82, 2.24) is 10.2 Å². The van der Waals surface area contributed by atoms with Gasteiger partial charge in [-0.2, -0.15) is 0 Å². The molecule has 0 bridgehead atoms. The summed E-state index contributed by atoms with van der Waals surface area (Å²) >= 11 is 0. The number of rotatable bonds is 2. The van der Waals surface area contributed by atoms with Crippen LogP contribution < -0.4 is 5.32 Å². The number of amides is 1. The van der Waals surface area contributed by atoms with E-state index in [2.05, 4.69) is 5.32 Å². The molecule has 2 heterocycles. The molecule has 2 aliphatic heterocycles. The molecule has 6 nitrogen and oxygen atoms in total. The van der Waals surface area contributed by atoms with Gasteiger partial charge in [-0.1, -0.05) is 6.92 Å². The van der Waals surface area contributed by atoms with Crippen LogP contribution in [0.25, 0.3) is 0 Å². The zero-order valence-corrected chi connectivity index (χ0v) is 9.91. The molecule has 0 aliphatic carbocycles. The molecule has 2 saturated heterocycles. The largest absolute Gasteiger partial charge is 0.391 e. The molecule has 1 unspecified atom stereocenters. The van der Waals surface area contributed by atoms with Gasteiger partial charge in [0.05, 0.1) is 24.3 Å². The third-order valence-electron chi connectivity index (χ3n) is 3.74. The molecule has 2 aliphatic rings. The number of aliphatic hydroxyl groups is 3. The molecule has 0 spiro atoms. The van der Waals surface area contributed by atoms with Gasteiger partial charge in [-0.15, -0.1) is 0 Å². The maximum Gasteiger partial charge on any atom is 0.220 e. The van der Waals surface area contributed by atoms with Crippen LogP contribution in [0.5, 0.6) is 0 Å². The first-order chi connectivity index (χ1) is 8.04. The Hall–Kier alpha value is -0.690. The zero-order valence-electron chi connectivity index (χ0n) is 9.91. The van der Waals surface area contributed by atoms with Crippen LogP contribution in [0.15, 0.2) is 0 Å². The Kier molecular flexibility index (Phi) is 3.67. The Morgan fingerprint density at radius 1 is 1.35 bits per heavy atom. The van der Waals surface area contributed by atoms with Crippen molar-refractivity contribution in [2.24, 2.45) is 0 Å². The van der Waals surface area contributed by atoms with Crippen LogP contribution >= 0.6 is 0 Å². The second-order valence-electron chi connectivity index (χ2n) is 4.85. The standard InChI is InChI=1S/C11H20N2O4/c1-2-8(15)12-6-5-13-4-3-7(14)9(13)11(17)10(6)16/h6-7,9-11,14,16-17H,2-5H2,1H3,(H,12,15)/t6-,7-,9?,10+,11+/m0/s1. The first kappa shape index (κ1) is 12.8. The van der Waals surface area contributed by atoms with Crippen molar-refractivity contribution >= 4 is 5.91 Å². The fourth-order valence-electron chi connectivity index (χ4n) is 2.76. The Morgan fingerprint density at radius 3 is 2.71 bits per heavy atom. The third-order valence-corrected chi connectivity index (χ3v) is 3.74. The second kappa shape index (κ2) is 4.89. The summed E-state index contributed by atoms with van der Waals surface area (Å²) in [5.74, 6) is -0.139. The monoisotopic (exact) mass is 244 g/mol. The first-order valence-electron chi connectivity index (χ1n) is 6.12. The summed E-state index contributed by atoms with van der Waals surface area (Å²) in [6, 6.07) is -0.862. The summed E-state index contributed by atoms with van der Waals surface area (Å²) in [6.45, 7) is 2.91. The molecule has 6 heteroatoms. The Labute approximate surface area is 100 Å². The van der Waals surface area contributed by atoms with E-state index in [4.69, 9.17) is 0 Å². The molecule has 17 heavy (non-hydrogen) atoms. The average Bonchev–Trinajstić information content (AvgIpc) is 2.67. The summed E-state index contributed by atoms with van der Waals surface area (Å²) in [7, 11) is 0. The van der Waals surface area contributed by atoms with Gasteiger partial charge in [0.15, 0.2) is 0 Å². The molecule has 4 N–H and O–H groups in total. The summed E-state index contributed by atoms with van der Waals surface area (Å²) in [6.07, 6.45) is -1.67. The van der Waals surface area contributed by atoms with E-state index in [1.165, 1.54) is 0 Å². The Balaban J connectivity index is 2.05. The molecule has 98 valence electrons. The molecule has 2 rings (SSSR count). The van der Waals surface area contributed by atoms with Crippen LogP contribution in [0.2, 0.25) is 0 Å². The number of nitrogens with one attached hydrogen (secondary N) is 1. The highest BCUT2D eigenvalue weighted by atomic mass is 16.3. The summed E-state index contributed by atoms with van der Waals surface area (Å²) in [5.41, 5.74) is 0. The van der Waals surface area contributed by atoms with E-state index >= 15 is 0 Å². The van der Waals surface area contributed by atoms with Gasteiger partial charge < -0.3 is 20.6 Å². The third kappa shape index (κ3) is 2.30. The second-order valence-corrected chi connectivity index (χ2v) is 4.85. The fraction of sp³-hybridized carbons (Fsp3) is 0.909. The molecule has 0 saturated carbocycles. The summed E-state index contributed by atoms with van der Waals surface area (Å²) < 4.78 is 0. The number of nitrogens with zero attached hydrogens (tertiary/aromatic N) is 1. The topological polar surface area (TPSA) is 93.0 Å². The summed E-state index contributed by atoms with van der Waals surface area (Å²) in [5, 5.41) is 32.3. The SMILES string of the molecule is CCC(=O)N[C@H]1CN2CC[C@H](O)C2[C@@H](O)[C@@H]1O. The molecule has 5 atom stereocenters. The van der Waals surface area contributed by atoms with Crippen molar-refractivity contribution in [3.63, 3.8) is 0 Å². The van der Waals surface area contributed by atoms with Gasteiger partial charge in [-0.3, -0.25) is 9.69 Å². The molecule has 0 aromatic heterocycles. The van der Waals surface area contributed by atoms with Gasteiger partial charge in [-0.25, -0.2) is 0 Å². The van der Waals surface area contributed by atoms with Crippen molar-refractivity contribution < 1.29 is 20.1 Å². The maximum absolute atomic E-state index is 11.3. The van der Waals surface area contributed by atoms with E-state index in [1.54, 1.807) is 6.92 Å². The normalized spacial score (nSPS) is 42.2. The van der Waals surface area contributed by atoms with E-state index in [0.29, 0.717) is 25.9 Å². The van der Waals surface area contributed by atoms with E-state index in [1.807, 2.05) is 4.90 Å². The van der Waals surface area contributed by atoms with E-state index in [-0.39, 0.29) is 5.91 Å². The number of carbonyl (C=O) groups excluding carboxylic acids is 1. The van der Waals surface area contributed by atoms with Gasteiger partial charge in [0, 0.05) is 19.5 Å². The lowest BCUT2D eigenvalue weighted by molar-refractivity contribution is -0.129. The lowest BCUT2D eigenvalue weighted by Crippen LogP contribution is -2.65. The van der Waals surface area contributed by atoms with Crippen LogP contribution in [-0.2, 0) is 4.79 Å². The summed E-state index contributed by atoms with van der Waals surface area (Å²) in [4.78, 5) is 13.3. The van der Waals surface area contributed by atoms with Gasteiger partial charge in [0.1, 0.15) is 6.10 Å². The van der Waals surface area contributed by atoms with E-state index in [9.17, 15) is 20.1 Å².